The summed E-state index contributed by atoms with van der Waals surface area (Å²) in [4.78, 5) is 25.0. The molecule has 4 heteroatoms. The summed E-state index contributed by atoms with van der Waals surface area (Å²) in [6.45, 7) is 2.43. The van der Waals surface area contributed by atoms with E-state index in [4.69, 9.17) is 4.74 Å². The zero-order valence-corrected chi connectivity index (χ0v) is 11.0. The van der Waals surface area contributed by atoms with Gasteiger partial charge in [-0.3, -0.25) is 4.79 Å². The molecule has 0 bridgehead atoms. The van der Waals surface area contributed by atoms with Crippen LogP contribution in [0.15, 0.2) is 30.3 Å². The monoisotopic (exact) mass is 261 g/mol. The molecular formula is C15H19NO3. The van der Waals surface area contributed by atoms with Gasteiger partial charge in [0.05, 0.1) is 13.2 Å². The first kappa shape index (κ1) is 13.7. The van der Waals surface area contributed by atoms with Crippen molar-refractivity contribution >= 4 is 12.2 Å². The third-order valence-electron chi connectivity index (χ3n) is 3.38. The number of nitrogens with zero attached hydrogens (tertiary/aromatic N) is 1. The molecule has 1 aromatic rings. The highest BCUT2D eigenvalue weighted by atomic mass is 16.5. The van der Waals surface area contributed by atoms with E-state index >= 15 is 0 Å². The predicted molar refractivity (Wildman–Crippen MR) is 71.7 cm³/mol. The average molecular weight is 261 g/mol. The number of hydrogen-bond donors (Lipinski definition) is 0. The molecule has 0 aliphatic carbocycles. The van der Waals surface area contributed by atoms with Crippen LogP contribution < -0.4 is 0 Å². The molecule has 1 aliphatic heterocycles. The first-order valence-corrected chi connectivity index (χ1v) is 6.65. The molecule has 19 heavy (non-hydrogen) atoms. The van der Waals surface area contributed by atoms with Gasteiger partial charge in [-0.15, -0.1) is 0 Å². The summed E-state index contributed by atoms with van der Waals surface area (Å²) >= 11 is 0. The van der Waals surface area contributed by atoms with Gasteiger partial charge in [0, 0.05) is 25.4 Å². The van der Waals surface area contributed by atoms with Crippen molar-refractivity contribution in [1.29, 1.82) is 0 Å². The van der Waals surface area contributed by atoms with Crippen LogP contribution in [-0.2, 0) is 20.7 Å². The Balaban J connectivity index is 2.02. The van der Waals surface area contributed by atoms with Crippen LogP contribution in [0.3, 0.4) is 0 Å². The van der Waals surface area contributed by atoms with Crippen molar-refractivity contribution in [3.05, 3.63) is 35.9 Å². The molecule has 2 rings (SSSR count). The smallest absolute Gasteiger partial charge is 0.226 e. The Labute approximate surface area is 113 Å². The zero-order valence-electron chi connectivity index (χ0n) is 11.0. The Kier molecular flexibility index (Phi) is 5.10. The number of aldehydes is 1. The number of rotatable bonds is 5. The molecule has 1 aromatic carbocycles. The fourth-order valence-corrected chi connectivity index (χ4v) is 2.33. The van der Waals surface area contributed by atoms with Crippen LogP contribution in [-0.4, -0.2) is 43.4 Å². The molecule has 0 unspecified atom stereocenters. The van der Waals surface area contributed by atoms with Gasteiger partial charge in [-0.1, -0.05) is 30.3 Å². The number of carbonyl (C=O) groups is 2. The quantitative estimate of drug-likeness (QED) is 0.750. The van der Waals surface area contributed by atoms with Crippen molar-refractivity contribution < 1.29 is 14.3 Å². The van der Waals surface area contributed by atoms with Crippen LogP contribution in [0, 0.1) is 5.92 Å². The van der Waals surface area contributed by atoms with Crippen LogP contribution >= 0.6 is 0 Å². The highest BCUT2D eigenvalue weighted by molar-refractivity contribution is 5.81. The Hall–Kier alpha value is -1.68. The minimum Gasteiger partial charge on any atom is -0.378 e. The largest absolute Gasteiger partial charge is 0.378 e. The van der Waals surface area contributed by atoms with Crippen LogP contribution in [0.2, 0.25) is 0 Å². The summed E-state index contributed by atoms with van der Waals surface area (Å²) in [6.07, 6.45) is 1.74. The van der Waals surface area contributed by atoms with E-state index in [2.05, 4.69) is 0 Å². The van der Waals surface area contributed by atoms with Crippen molar-refractivity contribution in [3.63, 3.8) is 0 Å². The fourth-order valence-electron chi connectivity index (χ4n) is 2.33. The van der Waals surface area contributed by atoms with E-state index < -0.39 is 0 Å². The van der Waals surface area contributed by atoms with Crippen molar-refractivity contribution in [2.75, 3.05) is 26.3 Å². The lowest BCUT2D eigenvalue weighted by atomic mass is 9.95. The molecule has 0 saturated carbocycles. The maximum atomic E-state index is 12.4. The molecule has 1 saturated heterocycles. The van der Waals surface area contributed by atoms with Crippen molar-refractivity contribution in [2.24, 2.45) is 5.92 Å². The first-order chi connectivity index (χ1) is 9.31. The van der Waals surface area contributed by atoms with E-state index in [-0.39, 0.29) is 18.2 Å². The number of ether oxygens (including phenoxy) is 1. The van der Waals surface area contributed by atoms with E-state index in [1.807, 2.05) is 30.3 Å². The summed E-state index contributed by atoms with van der Waals surface area (Å²) in [7, 11) is 0. The van der Waals surface area contributed by atoms with Gasteiger partial charge in [-0.05, 0) is 12.0 Å². The maximum absolute atomic E-state index is 12.4. The van der Waals surface area contributed by atoms with Gasteiger partial charge in [0.15, 0.2) is 0 Å². The van der Waals surface area contributed by atoms with Crippen LogP contribution in [0.4, 0.5) is 0 Å². The third-order valence-corrected chi connectivity index (χ3v) is 3.38. The van der Waals surface area contributed by atoms with Gasteiger partial charge in [-0.25, -0.2) is 0 Å². The summed E-state index contributed by atoms with van der Waals surface area (Å²) < 4.78 is 5.24. The van der Waals surface area contributed by atoms with E-state index in [0.29, 0.717) is 32.7 Å². The average Bonchev–Trinajstić information content (AvgIpc) is 2.48. The van der Waals surface area contributed by atoms with Gasteiger partial charge < -0.3 is 14.4 Å². The summed E-state index contributed by atoms with van der Waals surface area (Å²) in [5, 5.41) is 0. The van der Waals surface area contributed by atoms with Gasteiger partial charge >= 0.3 is 0 Å². The summed E-state index contributed by atoms with van der Waals surface area (Å²) in [6, 6.07) is 9.83. The van der Waals surface area contributed by atoms with Crippen LogP contribution in [0.5, 0.6) is 0 Å². The van der Waals surface area contributed by atoms with E-state index in [9.17, 15) is 9.59 Å². The molecule has 102 valence electrons. The number of hydrogen-bond acceptors (Lipinski definition) is 3. The predicted octanol–water partition coefficient (Wildman–Crippen LogP) is 1.29. The van der Waals surface area contributed by atoms with Crippen LogP contribution in [0.25, 0.3) is 0 Å². The van der Waals surface area contributed by atoms with Gasteiger partial charge in [0.2, 0.25) is 5.91 Å². The lowest BCUT2D eigenvalue weighted by molar-refractivity contribution is -0.140. The maximum Gasteiger partial charge on any atom is 0.226 e. The summed E-state index contributed by atoms with van der Waals surface area (Å²) in [5.41, 5.74) is 1.09. The molecule has 1 aliphatic rings. The van der Waals surface area contributed by atoms with E-state index in [1.54, 1.807) is 4.90 Å². The third kappa shape index (κ3) is 3.89. The van der Waals surface area contributed by atoms with Gasteiger partial charge in [0.1, 0.15) is 6.29 Å². The molecule has 0 aromatic heterocycles. The fraction of sp³-hybridized carbons (Fsp3) is 0.467. The molecule has 1 fully saturated rings. The van der Waals surface area contributed by atoms with Gasteiger partial charge in [0.25, 0.3) is 0 Å². The van der Waals surface area contributed by atoms with Gasteiger partial charge in [-0.2, -0.15) is 0 Å². The highest BCUT2D eigenvalue weighted by Gasteiger charge is 2.25. The molecule has 1 heterocycles. The highest BCUT2D eigenvalue weighted by Crippen LogP contribution is 2.15. The first-order valence-electron chi connectivity index (χ1n) is 6.65. The van der Waals surface area contributed by atoms with Crippen molar-refractivity contribution in [2.45, 2.75) is 12.8 Å². The van der Waals surface area contributed by atoms with Crippen LogP contribution in [0.1, 0.15) is 12.0 Å². The topological polar surface area (TPSA) is 46.6 Å². The second-order valence-electron chi connectivity index (χ2n) is 4.73. The SMILES string of the molecule is O=CC[C@H](Cc1ccccc1)C(=O)N1CCOCC1. The van der Waals surface area contributed by atoms with Crippen molar-refractivity contribution in [1.82, 2.24) is 4.90 Å². The Bertz CT molecular complexity index is 413. The number of amides is 1. The Morgan fingerprint density at radius 2 is 1.95 bits per heavy atom. The number of morpholine rings is 1. The lowest BCUT2D eigenvalue weighted by Gasteiger charge is -2.30. The van der Waals surface area contributed by atoms with Crippen molar-refractivity contribution in [3.8, 4) is 0 Å². The van der Waals surface area contributed by atoms with E-state index in [0.717, 1.165) is 11.8 Å². The molecule has 1 atom stereocenters. The minimum atomic E-state index is -0.252. The molecular weight excluding hydrogens is 242 g/mol. The van der Waals surface area contributed by atoms with E-state index in [1.165, 1.54) is 0 Å². The molecule has 0 radical (unpaired) electrons. The number of carbonyl (C=O) groups excluding carboxylic acids is 2. The molecule has 0 N–H and O–H groups in total. The minimum absolute atomic E-state index is 0.0688. The normalized spacial score (nSPS) is 16.9. The second kappa shape index (κ2) is 7.04. The molecule has 1 amide bonds. The second-order valence-corrected chi connectivity index (χ2v) is 4.73. The Morgan fingerprint density at radius 1 is 1.26 bits per heavy atom. The standard InChI is InChI=1S/C15H19NO3/c17-9-6-14(12-13-4-2-1-3-5-13)15(18)16-7-10-19-11-8-16/h1-5,9,14H,6-8,10-12H2/t14-/m1/s1. The molecule has 4 nitrogen and oxygen atoms in total. The number of benzene rings is 1. The Morgan fingerprint density at radius 3 is 2.58 bits per heavy atom. The summed E-state index contributed by atoms with van der Waals surface area (Å²) in [5.74, 6) is -0.183. The molecule has 0 spiro atoms. The zero-order chi connectivity index (χ0) is 13.5. The lowest BCUT2D eigenvalue weighted by Crippen LogP contribution is -2.44.